The number of aromatic nitrogens is 3. The van der Waals surface area contributed by atoms with E-state index in [1.165, 1.54) is 6.07 Å². The normalized spacial score (nSPS) is 23.2. The number of nitrogens with zero attached hydrogens (tertiary/aromatic N) is 3. The first kappa shape index (κ1) is 40.2. The highest BCUT2D eigenvalue weighted by molar-refractivity contribution is 6.76. The number of imidazole rings is 1. The number of pyridine rings is 1. The summed E-state index contributed by atoms with van der Waals surface area (Å²) >= 11 is 6.78. The summed E-state index contributed by atoms with van der Waals surface area (Å²) in [6, 6.07) is 5.56. The molecule has 53 heavy (non-hydrogen) atoms. The lowest BCUT2D eigenvalue weighted by Gasteiger charge is -2.39. The van der Waals surface area contributed by atoms with Crippen molar-refractivity contribution in [2.24, 2.45) is 0 Å². The molecule has 17 heteroatoms. The fourth-order valence-corrected chi connectivity index (χ4v) is 8.82. The van der Waals surface area contributed by atoms with Crippen molar-refractivity contribution in [2.75, 3.05) is 38.4 Å². The molecule has 1 N–H and O–H groups in total. The van der Waals surface area contributed by atoms with E-state index in [4.69, 9.17) is 49.7 Å². The van der Waals surface area contributed by atoms with Gasteiger partial charge in [-0.2, -0.15) is 13.8 Å². The molecule has 0 bridgehead atoms. The summed E-state index contributed by atoms with van der Waals surface area (Å²) in [5.74, 6) is 0.146. The number of hydrogen-bond donors (Lipinski definition) is 1. The minimum Gasteiger partial charge on any atom is -0.491 e. The molecule has 294 valence electrons. The highest BCUT2D eigenvalue weighted by Crippen LogP contribution is 2.42. The smallest absolute Gasteiger partial charge is 0.345 e. The molecule has 2 saturated heterocycles. The molecule has 1 aliphatic carbocycles. The van der Waals surface area contributed by atoms with Crippen LogP contribution >= 0.6 is 11.6 Å². The van der Waals surface area contributed by atoms with E-state index in [1.54, 1.807) is 16.7 Å². The molecular formula is C36H52ClF3N4O7Si2. The lowest BCUT2D eigenvalue weighted by Crippen LogP contribution is -2.47. The molecule has 3 aliphatic rings. The van der Waals surface area contributed by atoms with Gasteiger partial charge in [-0.3, -0.25) is 4.57 Å². The van der Waals surface area contributed by atoms with Crippen LogP contribution in [0.5, 0.6) is 11.8 Å². The van der Waals surface area contributed by atoms with Crippen LogP contribution in [0.15, 0.2) is 18.2 Å². The molecule has 4 heterocycles. The first-order chi connectivity index (χ1) is 24.9. The van der Waals surface area contributed by atoms with Crippen molar-refractivity contribution in [3.8, 4) is 11.8 Å². The number of ether oxygens (including phenoxy) is 6. The maximum absolute atomic E-state index is 15.5. The molecule has 11 nitrogen and oxygen atoms in total. The van der Waals surface area contributed by atoms with Gasteiger partial charge in [0.1, 0.15) is 48.4 Å². The van der Waals surface area contributed by atoms with Crippen LogP contribution in [0.2, 0.25) is 48.8 Å². The number of fused-ring (bicyclic) bond motifs is 3. The minimum atomic E-state index is -2.89. The van der Waals surface area contributed by atoms with Gasteiger partial charge >= 0.3 is 12.6 Å². The molecule has 2 aliphatic heterocycles. The van der Waals surface area contributed by atoms with Gasteiger partial charge < -0.3 is 38.2 Å². The summed E-state index contributed by atoms with van der Waals surface area (Å²) in [7, 11) is -3.41. The number of hydrogen-bond acceptors (Lipinski definition) is 10. The zero-order valence-corrected chi connectivity index (χ0v) is 34.5. The number of aryl methyl sites for hydroxylation is 1. The van der Waals surface area contributed by atoms with Gasteiger partial charge in [-0.15, -0.1) is 0 Å². The Morgan fingerprint density at radius 1 is 1.00 bits per heavy atom. The van der Waals surface area contributed by atoms with Gasteiger partial charge in [-0.1, -0.05) is 52.0 Å². The number of nitrogens with one attached hydrogen (secondary N) is 1. The van der Waals surface area contributed by atoms with Crippen molar-refractivity contribution in [3.63, 3.8) is 0 Å². The van der Waals surface area contributed by atoms with Gasteiger partial charge in [-0.05, 0) is 54.7 Å². The van der Waals surface area contributed by atoms with Crippen LogP contribution in [0.25, 0.3) is 11.2 Å². The highest BCUT2D eigenvalue weighted by Gasteiger charge is 2.52. The molecule has 0 spiro atoms. The lowest BCUT2D eigenvalue weighted by molar-refractivity contribution is -0.133. The monoisotopic (exact) mass is 800 g/mol. The molecule has 3 aromatic rings. The quantitative estimate of drug-likeness (QED) is 0.113. The molecule has 0 radical (unpaired) electrons. The Hall–Kier alpha value is -2.45. The molecule has 5 atom stereocenters. The van der Waals surface area contributed by atoms with Crippen molar-refractivity contribution >= 4 is 45.0 Å². The lowest BCUT2D eigenvalue weighted by atomic mass is 10.1. The second-order valence-corrected chi connectivity index (χ2v) is 27.5. The second-order valence-electron chi connectivity index (χ2n) is 16.7. The molecule has 2 aromatic heterocycles. The van der Waals surface area contributed by atoms with Crippen LogP contribution in [0.3, 0.4) is 0 Å². The third kappa shape index (κ3) is 9.34. The van der Waals surface area contributed by atoms with Gasteiger partial charge in [0.2, 0.25) is 0 Å². The van der Waals surface area contributed by atoms with E-state index in [9.17, 15) is 8.78 Å². The fourth-order valence-electron chi connectivity index (χ4n) is 6.55. The van der Waals surface area contributed by atoms with Crippen molar-refractivity contribution < 1.29 is 46.0 Å². The Kier molecular flexibility index (Phi) is 12.1. The summed E-state index contributed by atoms with van der Waals surface area (Å²) in [4.78, 5) is 9.69. The largest absolute Gasteiger partial charge is 0.491 e. The second kappa shape index (κ2) is 16.0. The number of alkyl halides is 2. The average molecular weight is 801 g/mol. The van der Waals surface area contributed by atoms with Crippen LogP contribution in [-0.4, -0.2) is 95.0 Å². The maximum atomic E-state index is 15.5. The van der Waals surface area contributed by atoms with Gasteiger partial charge in [0, 0.05) is 26.3 Å². The number of rotatable bonds is 16. The van der Waals surface area contributed by atoms with E-state index >= 15 is 4.39 Å². The summed E-state index contributed by atoms with van der Waals surface area (Å²) < 4.78 is 83.4. The van der Waals surface area contributed by atoms with Crippen LogP contribution in [0, 0.1) is 5.82 Å². The van der Waals surface area contributed by atoms with Crippen molar-refractivity contribution in [1.29, 1.82) is 0 Å². The van der Waals surface area contributed by atoms with Gasteiger partial charge in [-0.25, -0.2) is 9.37 Å². The number of halogens is 4. The summed E-state index contributed by atoms with van der Waals surface area (Å²) in [5, 5.41) is 3.71. The Bertz CT molecular complexity index is 1760. The Balaban J connectivity index is 1.21. The zero-order chi connectivity index (χ0) is 38.3. The Morgan fingerprint density at radius 3 is 2.42 bits per heavy atom. The third-order valence-electron chi connectivity index (χ3n) is 10.5. The zero-order valence-electron chi connectivity index (χ0n) is 31.8. The minimum absolute atomic E-state index is 0.0488. The predicted octanol–water partition coefficient (Wildman–Crippen LogP) is 8.19. The maximum Gasteiger partial charge on any atom is 0.345 e. The Labute approximate surface area is 316 Å². The first-order valence-corrected chi connectivity index (χ1v) is 25.2. The molecule has 2 fully saturated rings. The van der Waals surface area contributed by atoms with Crippen LogP contribution in [-0.2, 0) is 36.5 Å². The summed E-state index contributed by atoms with van der Waals surface area (Å²) in [6.07, 6.45) is -0.0242. The molecule has 1 aromatic carbocycles. The van der Waals surface area contributed by atoms with E-state index in [-0.39, 0.29) is 49.0 Å². The van der Waals surface area contributed by atoms with E-state index < -0.39 is 41.0 Å². The van der Waals surface area contributed by atoms with Gasteiger partial charge in [0.15, 0.2) is 20.1 Å². The standard InChI is InChI=1S/C36H52ClF3N4O7Si2/c1-36(2,3)53(7,8)51-28-19-49-30-27(18-48-31(28)30)50-35-42-26-17-23(37)32(43-33(26)44(35)20-45-13-14-52(4,5)6)41-25-10-9-21-15-22(16-24(38)29(21)25)46-11-12-47-34(39)40/h15-17,25,27-28,30-31,34H,9-14,18-20H2,1-8H3,(H,41,43)/t25?,27-,28?,30-,31-/m1/s1. The topological polar surface area (TPSA) is 107 Å². The molecular weight excluding hydrogens is 749 g/mol. The van der Waals surface area contributed by atoms with E-state index in [2.05, 4.69) is 63.6 Å². The average Bonchev–Trinajstić information content (AvgIpc) is 3.82. The SMILES string of the molecule is CC(C)(C)[Si](C)(C)OC1CO[C@H]2[C@@H]1OC[C@H]2Oc1nc2cc(Cl)c(NC3CCc4cc(OCCOC(F)F)cc(F)c43)nc2n1COCC[Si](C)(C)C. The highest BCUT2D eigenvalue weighted by atomic mass is 35.5. The summed E-state index contributed by atoms with van der Waals surface area (Å²) in [6.45, 7) is 16.1. The van der Waals surface area contributed by atoms with Crippen molar-refractivity contribution in [2.45, 2.75) is 121 Å². The van der Waals surface area contributed by atoms with Crippen molar-refractivity contribution in [1.82, 2.24) is 14.5 Å². The van der Waals surface area contributed by atoms with Crippen molar-refractivity contribution in [3.05, 3.63) is 40.2 Å². The molecule has 0 amide bonds. The van der Waals surface area contributed by atoms with E-state index in [0.717, 1.165) is 11.6 Å². The van der Waals surface area contributed by atoms with Crippen LogP contribution in [0.4, 0.5) is 19.0 Å². The predicted molar refractivity (Wildman–Crippen MR) is 201 cm³/mol. The Morgan fingerprint density at radius 2 is 1.72 bits per heavy atom. The van der Waals surface area contributed by atoms with E-state index in [0.29, 0.717) is 66.2 Å². The molecule has 6 rings (SSSR count). The van der Waals surface area contributed by atoms with Crippen LogP contribution in [0.1, 0.15) is 44.4 Å². The first-order valence-electron chi connectivity index (χ1n) is 18.2. The molecule has 2 unspecified atom stereocenters. The molecule has 0 saturated carbocycles. The number of benzene rings is 1. The van der Waals surface area contributed by atoms with E-state index in [1.807, 2.05) is 0 Å². The fraction of sp³-hybridized carbons (Fsp3) is 0.667. The number of anilines is 1. The third-order valence-corrected chi connectivity index (χ3v) is 17.0. The van der Waals surface area contributed by atoms with Crippen LogP contribution < -0.4 is 14.8 Å². The van der Waals surface area contributed by atoms with Gasteiger partial charge in [0.25, 0.3) is 0 Å². The van der Waals surface area contributed by atoms with Gasteiger partial charge in [0.05, 0.1) is 37.0 Å². The summed E-state index contributed by atoms with van der Waals surface area (Å²) in [5.41, 5.74) is 2.25.